The van der Waals surface area contributed by atoms with Crippen molar-refractivity contribution in [2.24, 2.45) is 16.6 Å². The summed E-state index contributed by atoms with van der Waals surface area (Å²) in [6, 6.07) is 5.54. The van der Waals surface area contributed by atoms with E-state index in [1.807, 2.05) is 0 Å². The molecule has 4 nitrogen and oxygen atoms in total. The zero-order valence-corrected chi connectivity index (χ0v) is 11.8. The average Bonchev–Trinajstić information content (AvgIpc) is 2.53. The molecule has 3 rings (SSSR count). The second-order valence-electron chi connectivity index (χ2n) is 5.52. The van der Waals surface area contributed by atoms with E-state index in [4.69, 9.17) is 15.2 Å². The monoisotopic (exact) mass is 314 g/mol. The molecule has 0 aliphatic carbocycles. The summed E-state index contributed by atoms with van der Waals surface area (Å²) in [7, 11) is 0. The van der Waals surface area contributed by atoms with Crippen LogP contribution in [0.1, 0.15) is 12.0 Å². The van der Waals surface area contributed by atoms with Gasteiger partial charge < -0.3 is 15.2 Å². The molecule has 7 heteroatoms. The summed E-state index contributed by atoms with van der Waals surface area (Å²) in [6.45, 7) is -1.56. The summed E-state index contributed by atoms with van der Waals surface area (Å²) in [5.74, 6) is -1.39. The first kappa shape index (κ1) is 15.1. The molecular formula is C15H17F3N2O2. The fourth-order valence-electron chi connectivity index (χ4n) is 3.44. The van der Waals surface area contributed by atoms with Crippen LogP contribution in [0.25, 0.3) is 0 Å². The van der Waals surface area contributed by atoms with E-state index in [2.05, 4.69) is 4.99 Å². The van der Waals surface area contributed by atoms with Crippen LogP contribution in [0.4, 0.5) is 13.2 Å². The normalized spacial score (nSPS) is 34.5. The molecule has 120 valence electrons. The molecule has 4 atom stereocenters. The Morgan fingerprint density at radius 2 is 2.09 bits per heavy atom. The van der Waals surface area contributed by atoms with E-state index < -0.39 is 42.8 Å². The zero-order chi connectivity index (χ0) is 15.7. The van der Waals surface area contributed by atoms with Crippen molar-refractivity contribution in [2.45, 2.75) is 24.2 Å². The maximum Gasteiger partial charge on any atom is 0.283 e. The van der Waals surface area contributed by atoms with E-state index in [1.165, 1.54) is 18.2 Å². The van der Waals surface area contributed by atoms with Crippen LogP contribution in [0.3, 0.4) is 0 Å². The predicted octanol–water partition coefficient (Wildman–Crippen LogP) is 2.08. The second-order valence-corrected chi connectivity index (χ2v) is 5.52. The van der Waals surface area contributed by atoms with Crippen LogP contribution in [0.2, 0.25) is 0 Å². The molecule has 22 heavy (non-hydrogen) atoms. The van der Waals surface area contributed by atoms with Gasteiger partial charge in [0.2, 0.25) is 0 Å². The average molecular weight is 314 g/mol. The number of rotatable bonds is 3. The topological polar surface area (TPSA) is 56.8 Å². The van der Waals surface area contributed by atoms with Gasteiger partial charge in [0, 0.05) is 12.0 Å². The Kier molecular flexibility index (Phi) is 3.99. The maximum absolute atomic E-state index is 14.3. The van der Waals surface area contributed by atoms with Gasteiger partial charge in [-0.05, 0) is 6.07 Å². The number of aliphatic imine (C=N–C) groups is 1. The third-order valence-corrected chi connectivity index (χ3v) is 4.36. The van der Waals surface area contributed by atoms with Gasteiger partial charge in [-0.1, -0.05) is 18.2 Å². The van der Waals surface area contributed by atoms with E-state index >= 15 is 0 Å². The first-order valence-electron chi connectivity index (χ1n) is 7.13. The van der Waals surface area contributed by atoms with Gasteiger partial charge in [0.15, 0.2) is 0 Å². The van der Waals surface area contributed by atoms with Gasteiger partial charge in [-0.15, -0.1) is 0 Å². The number of ether oxygens (including phenoxy) is 2. The zero-order valence-electron chi connectivity index (χ0n) is 11.8. The van der Waals surface area contributed by atoms with E-state index in [0.717, 1.165) is 0 Å². The summed E-state index contributed by atoms with van der Waals surface area (Å²) in [6.07, 6.45) is -1.04. The first-order chi connectivity index (χ1) is 10.6. The van der Waals surface area contributed by atoms with Crippen LogP contribution in [-0.2, 0) is 15.0 Å². The highest BCUT2D eigenvalue weighted by Crippen LogP contribution is 2.46. The summed E-state index contributed by atoms with van der Waals surface area (Å²) in [4.78, 5) is 4.06. The fourth-order valence-corrected chi connectivity index (χ4v) is 3.44. The molecule has 0 bridgehead atoms. The molecule has 2 N–H and O–H groups in total. The van der Waals surface area contributed by atoms with Crippen molar-refractivity contribution < 1.29 is 22.6 Å². The van der Waals surface area contributed by atoms with Crippen LogP contribution in [0, 0.1) is 11.7 Å². The van der Waals surface area contributed by atoms with E-state index in [1.54, 1.807) is 6.07 Å². The second kappa shape index (κ2) is 5.79. The lowest BCUT2D eigenvalue weighted by atomic mass is 9.71. The maximum atomic E-state index is 14.3. The summed E-state index contributed by atoms with van der Waals surface area (Å²) >= 11 is 0. The quantitative estimate of drug-likeness (QED) is 0.929. The van der Waals surface area contributed by atoms with E-state index in [0.29, 0.717) is 6.42 Å². The molecule has 1 aromatic rings. The van der Waals surface area contributed by atoms with Gasteiger partial charge in [-0.25, -0.2) is 18.2 Å². The number of nitrogens with zero attached hydrogens (tertiary/aromatic N) is 1. The number of halogens is 3. The molecule has 2 aliphatic rings. The standard InChI is InChI=1S/C15H17F3N2O2/c16-7-12-13-11(5-6-21-12)22-14(19)20-15(13,8-17)9-3-1-2-4-10(9)18/h1-4,11-13H,5-8H2,(H2,19,20)/t11-,12+,13-,15-/m1/s1. The Hall–Kier alpha value is -1.76. The predicted molar refractivity (Wildman–Crippen MR) is 74.4 cm³/mol. The lowest BCUT2D eigenvalue weighted by molar-refractivity contribution is -0.134. The Labute approximate surface area is 126 Å². The molecule has 0 aromatic heterocycles. The van der Waals surface area contributed by atoms with Gasteiger partial charge in [-0.2, -0.15) is 0 Å². The highest BCUT2D eigenvalue weighted by molar-refractivity contribution is 5.73. The Bertz CT molecular complexity index is 584. The third kappa shape index (κ3) is 2.24. The molecule has 1 fully saturated rings. The number of alkyl halides is 2. The SMILES string of the molecule is NC1=N[C@](CF)(c2ccccc2F)[C@H]2[C@H](CF)OCC[C@H]2O1. The number of fused-ring (bicyclic) bond motifs is 1. The molecule has 1 saturated heterocycles. The van der Waals surface area contributed by atoms with Crippen molar-refractivity contribution in [3.63, 3.8) is 0 Å². The van der Waals surface area contributed by atoms with Crippen molar-refractivity contribution in [3.8, 4) is 0 Å². The number of amidine groups is 1. The van der Waals surface area contributed by atoms with Gasteiger partial charge in [0.25, 0.3) is 6.02 Å². The molecule has 0 radical (unpaired) electrons. The third-order valence-electron chi connectivity index (χ3n) is 4.36. The highest BCUT2D eigenvalue weighted by atomic mass is 19.1. The molecule has 1 aromatic carbocycles. The smallest absolute Gasteiger partial charge is 0.283 e. The van der Waals surface area contributed by atoms with E-state index in [-0.39, 0.29) is 18.2 Å². The summed E-state index contributed by atoms with van der Waals surface area (Å²) in [5, 5.41) is 0. The van der Waals surface area contributed by atoms with Gasteiger partial charge in [0.05, 0.1) is 18.6 Å². The molecule has 0 unspecified atom stereocenters. The van der Waals surface area contributed by atoms with Crippen LogP contribution >= 0.6 is 0 Å². The Morgan fingerprint density at radius 3 is 2.77 bits per heavy atom. The van der Waals surface area contributed by atoms with Gasteiger partial charge >= 0.3 is 0 Å². The molecule has 0 spiro atoms. The van der Waals surface area contributed by atoms with Gasteiger partial charge in [-0.3, -0.25) is 0 Å². The highest BCUT2D eigenvalue weighted by Gasteiger charge is 2.55. The van der Waals surface area contributed by atoms with Crippen molar-refractivity contribution in [2.75, 3.05) is 20.0 Å². The lowest BCUT2D eigenvalue weighted by Crippen LogP contribution is -2.58. The molecule has 0 amide bonds. The number of hydrogen-bond acceptors (Lipinski definition) is 4. The van der Waals surface area contributed by atoms with Gasteiger partial charge in [0.1, 0.15) is 30.8 Å². The fraction of sp³-hybridized carbons (Fsp3) is 0.533. The summed E-state index contributed by atoms with van der Waals surface area (Å²) < 4.78 is 52.6. The van der Waals surface area contributed by atoms with Crippen LogP contribution in [0.5, 0.6) is 0 Å². The largest absolute Gasteiger partial charge is 0.462 e. The van der Waals surface area contributed by atoms with Crippen molar-refractivity contribution in [1.82, 2.24) is 0 Å². The molecule has 2 aliphatic heterocycles. The number of benzene rings is 1. The minimum atomic E-state index is -1.63. The molecule has 0 saturated carbocycles. The first-order valence-corrected chi connectivity index (χ1v) is 7.13. The Morgan fingerprint density at radius 1 is 1.32 bits per heavy atom. The molecule has 2 heterocycles. The number of nitrogens with two attached hydrogens (primary N) is 1. The van der Waals surface area contributed by atoms with Crippen molar-refractivity contribution >= 4 is 6.02 Å². The lowest BCUT2D eigenvalue weighted by Gasteiger charge is -2.48. The summed E-state index contributed by atoms with van der Waals surface area (Å²) in [5.41, 5.74) is 4.09. The van der Waals surface area contributed by atoms with Crippen molar-refractivity contribution in [3.05, 3.63) is 35.6 Å². The van der Waals surface area contributed by atoms with Crippen LogP contribution < -0.4 is 5.73 Å². The minimum absolute atomic E-state index is 0.0442. The minimum Gasteiger partial charge on any atom is -0.462 e. The molecular weight excluding hydrogens is 297 g/mol. The van der Waals surface area contributed by atoms with Crippen LogP contribution in [-0.4, -0.2) is 38.2 Å². The van der Waals surface area contributed by atoms with Crippen molar-refractivity contribution in [1.29, 1.82) is 0 Å². The van der Waals surface area contributed by atoms with E-state index in [9.17, 15) is 13.2 Å². The Balaban J connectivity index is 2.17. The van der Waals surface area contributed by atoms with Crippen LogP contribution in [0.15, 0.2) is 29.3 Å². The number of hydrogen-bond donors (Lipinski definition) is 1.